The molecule has 86 valence electrons. The number of hydrogen-bond acceptors (Lipinski definition) is 5. The molecule has 6 nitrogen and oxygen atoms in total. The van der Waals surface area contributed by atoms with Gasteiger partial charge in [-0.1, -0.05) is 0 Å². The highest BCUT2D eigenvalue weighted by molar-refractivity contribution is 5.84. The van der Waals surface area contributed by atoms with Crippen LogP contribution in [0.1, 0.15) is 23.3 Å². The van der Waals surface area contributed by atoms with Gasteiger partial charge in [-0.3, -0.25) is 0 Å². The Morgan fingerprint density at radius 2 is 2.19 bits per heavy atom. The fourth-order valence-electron chi connectivity index (χ4n) is 1.56. The van der Waals surface area contributed by atoms with E-state index in [-0.39, 0.29) is 12.3 Å². The van der Waals surface area contributed by atoms with Crippen LogP contribution in [-0.4, -0.2) is 45.3 Å². The van der Waals surface area contributed by atoms with E-state index in [1.165, 1.54) is 12.4 Å². The van der Waals surface area contributed by atoms with Gasteiger partial charge in [0.1, 0.15) is 5.82 Å². The second-order valence-electron chi connectivity index (χ2n) is 3.71. The second kappa shape index (κ2) is 4.44. The molecule has 1 fully saturated rings. The molecular weight excluding hydrogens is 210 g/mol. The van der Waals surface area contributed by atoms with E-state index in [4.69, 9.17) is 10.2 Å². The minimum absolute atomic E-state index is 0.0544. The molecule has 1 aromatic heterocycles. The van der Waals surface area contributed by atoms with Gasteiger partial charge in [0.2, 0.25) is 0 Å². The summed E-state index contributed by atoms with van der Waals surface area (Å²) in [7, 11) is 0. The first-order chi connectivity index (χ1) is 7.72. The predicted octanol–water partition coefficient (Wildman–Crippen LogP) is 0.136. The molecule has 0 amide bonds. The van der Waals surface area contributed by atoms with E-state index in [2.05, 4.69) is 9.97 Å². The molecule has 2 rings (SSSR count). The number of aliphatic hydroxyl groups excluding tert-OH is 1. The summed E-state index contributed by atoms with van der Waals surface area (Å²) in [6, 6.07) is 0.414. The minimum atomic E-state index is -1.08. The molecule has 0 spiro atoms. The summed E-state index contributed by atoms with van der Waals surface area (Å²) in [6.45, 7) is 0.560. The summed E-state index contributed by atoms with van der Waals surface area (Å²) in [6.07, 6.45) is 4.85. The lowest BCUT2D eigenvalue weighted by atomic mass is 10.4. The number of carbonyl (C=O) groups is 1. The Morgan fingerprint density at radius 3 is 2.62 bits per heavy atom. The Balaban J connectivity index is 2.14. The van der Waals surface area contributed by atoms with Crippen molar-refractivity contribution in [1.82, 2.24) is 9.97 Å². The largest absolute Gasteiger partial charge is 0.476 e. The van der Waals surface area contributed by atoms with Gasteiger partial charge < -0.3 is 15.1 Å². The van der Waals surface area contributed by atoms with Crippen LogP contribution in [0, 0.1) is 0 Å². The van der Waals surface area contributed by atoms with Gasteiger partial charge in [0.15, 0.2) is 5.69 Å². The molecule has 0 unspecified atom stereocenters. The first-order valence-corrected chi connectivity index (χ1v) is 5.15. The molecule has 1 saturated carbocycles. The van der Waals surface area contributed by atoms with E-state index in [0.717, 1.165) is 12.8 Å². The Kier molecular flexibility index (Phi) is 3.00. The number of anilines is 1. The lowest BCUT2D eigenvalue weighted by molar-refractivity contribution is 0.0690. The lowest BCUT2D eigenvalue weighted by Crippen LogP contribution is -2.29. The number of carboxylic acids is 1. The Labute approximate surface area is 92.6 Å². The Morgan fingerprint density at radius 1 is 1.44 bits per heavy atom. The molecule has 6 heteroatoms. The zero-order valence-electron chi connectivity index (χ0n) is 8.70. The van der Waals surface area contributed by atoms with Gasteiger partial charge in [-0.15, -0.1) is 0 Å². The summed E-state index contributed by atoms with van der Waals surface area (Å²) in [5, 5.41) is 17.6. The topological polar surface area (TPSA) is 86.5 Å². The van der Waals surface area contributed by atoms with E-state index in [1.54, 1.807) is 0 Å². The molecule has 2 N–H and O–H groups in total. The van der Waals surface area contributed by atoms with Crippen LogP contribution in [0.4, 0.5) is 5.82 Å². The van der Waals surface area contributed by atoms with Crippen molar-refractivity contribution in [3.8, 4) is 0 Å². The molecule has 0 aliphatic heterocycles. The number of aliphatic hydroxyl groups is 1. The smallest absolute Gasteiger partial charge is 0.356 e. The average Bonchev–Trinajstić information content (AvgIpc) is 3.10. The van der Waals surface area contributed by atoms with Crippen LogP contribution >= 0.6 is 0 Å². The van der Waals surface area contributed by atoms with Crippen LogP contribution in [0.15, 0.2) is 12.4 Å². The van der Waals surface area contributed by atoms with Crippen molar-refractivity contribution in [2.75, 3.05) is 18.1 Å². The Bertz CT molecular complexity index is 375. The third-order valence-corrected chi connectivity index (χ3v) is 2.48. The van der Waals surface area contributed by atoms with Crippen LogP contribution < -0.4 is 4.90 Å². The highest BCUT2D eigenvalue weighted by atomic mass is 16.4. The van der Waals surface area contributed by atoms with Crippen molar-refractivity contribution in [3.05, 3.63) is 18.1 Å². The van der Waals surface area contributed by atoms with Gasteiger partial charge in [0.05, 0.1) is 19.0 Å². The van der Waals surface area contributed by atoms with Crippen molar-refractivity contribution in [2.45, 2.75) is 18.9 Å². The second-order valence-corrected chi connectivity index (χ2v) is 3.71. The highest BCUT2D eigenvalue weighted by Gasteiger charge is 2.29. The molecule has 0 atom stereocenters. The first kappa shape index (κ1) is 10.8. The van der Waals surface area contributed by atoms with Crippen LogP contribution in [-0.2, 0) is 0 Å². The molecule has 1 aliphatic rings. The quantitative estimate of drug-likeness (QED) is 0.738. The van der Waals surface area contributed by atoms with Crippen LogP contribution in [0.25, 0.3) is 0 Å². The summed E-state index contributed by atoms with van der Waals surface area (Å²) in [5.41, 5.74) is -0.0662. The number of rotatable bonds is 5. The van der Waals surface area contributed by atoms with Gasteiger partial charge >= 0.3 is 5.97 Å². The maximum absolute atomic E-state index is 10.6. The summed E-state index contributed by atoms with van der Waals surface area (Å²) in [4.78, 5) is 20.4. The number of aromatic nitrogens is 2. The normalized spacial score (nSPS) is 14.8. The number of nitrogens with zero attached hydrogens (tertiary/aromatic N) is 3. The van der Waals surface area contributed by atoms with Crippen LogP contribution in [0.3, 0.4) is 0 Å². The van der Waals surface area contributed by atoms with Crippen molar-refractivity contribution in [3.63, 3.8) is 0 Å². The van der Waals surface area contributed by atoms with Crippen LogP contribution in [0.2, 0.25) is 0 Å². The summed E-state index contributed by atoms with van der Waals surface area (Å²) < 4.78 is 0. The third-order valence-electron chi connectivity index (χ3n) is 2.48. The monoisotopic (exact) mass is 223 g/mol. The fourth-order valence-corrected chi connectivity index (χ4v) is 1.56. The maximum Gasteiger partial charge on any atom is 0.356 e. The summed E-state index contributed by atoms with van der Waals surface area (Å²) >= 11 is 0. The molecule has 16 heavy (non-hydrogen) atoms. The molecule has 1 aromatic rings. The molecule has 0 bridgehead atoms. The highest BCUT2D eigenvalue weighted by Crippen LogP contribution is 2.29. The number of aromatic carboxylic acids is 1. The minimum Gasteiger partial charge on any atom is -0.476 e. The zero-order valence-corrected chi connectivity index (χ0v) is 8.70. The molecule has 0 aromatic carbocycles. The van der Waals surface area contributed by atoms with Crippen molar-refractivity contribution < 1.29 is 15.0 Å². The van der Waals surface area contributed by atoms with E-state index >= 15 is 0 Å². The van der Waals surface area contributed by atoms with Gasteiger partial charge in [0.25, 0.3) is 0 Å². The Hall–Kier alpha value is -1.69. The third kappa shape index (κ3) is 2.27. The average molecular weight is 223 g/mol. The molecule has 0 radical (unpaired) electrons. The predicted molar refractivity (Wildman–Crippen MR) is 56.4 cm³/mol. The van der Waals surface area contributed by atoms with E-state index in [9.17, 15) is 4.79 Å². The molecule has 0 saturated heterocycles. The SMILES string of the molecule is O=C(O)c1cnc(N(CCO)C2CC2)cn1. The van der Waals surface area contributed by atoms with Crippen molar-refractivity contribution >= 4 is 11.8 Å². The van der Waals surface area contributed by atoms with Gasteiger partial charge in [-0.05, 0) is 12.8 Å². The lowest BCUT2D eigenvalue weighted by Gasteiger charge is -2.21. The maximum atomic E-state index is 10.6. The van der Waals surface area contributed by atoms with Gasteiger partial charge in [0, 0.05) is 12.6 Å². The molecule has 1 heterocycles. The molecular formula is C10H13N3O3. The van der Waals surface area contributed by atoms with E-state index in [1.807, 2.05) is 4.90 Å². The van der Waals surface area contributed by atoms with Gasteiger partial charge in [-0.2, -0.15) is 0 Å². The van der Waals surface area contributed by atoms with Crippen LogP contribution in [0.5, 0.6) is 0 Å². The van der Waals surface area contributed by atoms with Crippen molar-refractivity contribution in [2.24, 2.45) is 0 Å². The number of carboxylic acid groups (broad SMARTS) is 1. The molecule has 1 aliphatic carbocycles. The van der Waals surface area contributed by atoms with Crippen molar-refractivity contribution in [1.29, 1.82) is 0 Å². The standard InChI is InChI=1S/C10H13N3O3/c14-4-3-13(7-1-2-7)9-6-11-8(5-12-9)10(15)16/h5-7,14H,1-4H2,(H,15,16). The first-order valence-electron chi connectivity index (χ1n) is 5.15. The fraction of sp³-hybridized carbons (Fsp3) is 0.500. The zero-order chi connectivity index (χ0) is 11.5. The number of hydrogen-bond donors (Lipinski definition) is 2. The van der Waals surface area contributed by atoms with E-state index in [0.29, 0.717) is 18.4 Å². The summed E-state index contributed by atoms with van der Waals surface area (Å²) in [5.74, 6) is -0.458. The van der Waals surface area contributed by atoms with Gasteiger partial charge in [-0.25, -0.2) is 14.8 Å². The van der Waals surface area contributed by atoms with E-state index < -0.39 is 5.97 Å².